The molecule has 1 fully saturated rings. The second kappa shape index (κ2) is 9.39. The molecule has 0 bridgehead atoms. The minimum Gasteiger partial charge on any atom is -0.394 e. The van der Waals surface area contributed by atoms with Crippen LogP contribution in [0.2, 0.25) is 0 Å². The number of rotatable bonds is 8. The van der Waals surface area contributed by atoms with E-state index in [2.05, 4.69) is 41.0 Å². The highest BCUT2D eigenvalue weighted by Crippen LogP contribution is 2.40. The van der Waals surface area contributed by atoms with Crippen molar-refractivity contribution >= 4 is 29.2 Å². The minimum absolute atomic E-state index is 0.0259. The van der Waals surface area contributed by atoms with Gasteiger partial charge in [0.15, 0.2) is 5.82 Å². The second-order valence-corrected chi connectivity index (χ2v) is 8.52. The average molecular weight is 467 g/mol. The third-order valence-electron chi connectivity index (χ3n) is 5.01. The molecule has 13 nitrogen and oxygen atoms in total. The minimum atomic E-state index is -0.877. The van der Waals surface area contributed by atoms with Crippen LogP contribution in [0.5, 0.6) is 5.88 Å². The Kier molecular flexibility index (Phi) is 6.36. The quantitative estimate of drug-likeness (QED) is 0.383. The van der Waals surface area contributed by atoms with Gasteiger partial charge in [0.1, 0.15) is 12.0 Å². The Morgan fingerprint density at radius 1 is 1.21 bits per heavy atom. The molecule has 2 amide bonds. The zero-order valence-electron chi connectivity index (χ0n) is 18.9. The summed E-state index contributed by atoms with van der Waals surface area (Å²) in [6, 6.07) is 0. The van der Waals surface area contributed by atoms with Gasteiger partial charge in [-0.25, -0.2) is 24.7 Å². The van der Waals surface area contributed by atoms with Crippen LogP contribution in [0.25, 0.3) is 0 Å². The number of nitrogens with one attached hydrogen (secondary N) is 3. The molecule has 178 valence electrons. The Hall–Kier alpha value is -4.13. The van der Waals surface area contributed by atoms with Gasteiger partial charge in [-0.15, -0.1) is 0 Å². The van der Waals surface area contributed by atoms with E-state index in [0.717, 1.165) is 18.5 Å². The monoisotopic (exact) mass is 467 g/mol. The van der Waals surface area contributed by atoms with Gasteiger partial charge in [-0.3, -0.25) is 14.8 Å². The Balaban J connectivity index is 1.53. The van der Waals surface area contributed by atoms with E-state index in [1.165, 1.54) is 17.2 Å². The fourth-order valence-electron chi connectivity index (χ4n) is 3.05. The maximum atomic E-state index is 12.7. The first-order valence-electron chi connectivity index (χ1n) is 10.6. The molecule has 1 aliphatic rings. The molecule has 4 rings (SSSR count). The topological polar surface area (TPSA) is 169 Å². The molecule has 0 saturated heterocycles. The first kappa shape index (κ1) is 23.0. The van der Waals surface area contributed by atoms with E-state index in [1.807, 2.05) is 0 Å². The van der Waals surface area contributed by atoms with E-state index < -0.39 is 17.5 Å². The standard InChI is InChI=1S/C21H25N9O4/c1-21(2,10-31)29-18(32)16-15(9-25-30(16)3)28-20(33)34-19-17(26-13-6-22-11-23-7-13)24-8-14(27-19)12-4-5-12/h6-9,11-12,31H,4-5,10H2,1-3H3,(H,24,26)(H,28,33)(H,29,32). The van der Waals surface area contributed by atoms with Crippen LogP contribution >= 0.6 is 0 Å². The predicted octanol–water partition coefficient (Wildman–Crippen LogP) is 1.73. The Morgan fingerprint density at radius 2 is 1.94 bits per heavy atom. The smallest absolute Gasteiger partial charge is 0.394 e. The number of aromatic nitrogens is 6. The number of amides is 2. The summed E-state index contributed by atoms with van der Waals surface area (Å²) >= 11 is 0. The van der Waals surface area contributed by atoms with E-state index in [1.54, 1.807) is 39.5 Å². The Bertz CT molecular complexity index is 1190. The zero-order valence-corrected chi connectivity index (χ0v) is 18.9. The summed E-state index contributed by atoms with van der Waals surface area (Å²) < 4.78 is 6.78. The second-order valence-electron chi connectivity index (χ2n) is 8.52. The van der Waals surface area contributed by atoms with Crippen molar-refractivity contribution < 1.29 is 19.4 Å². The van der Waals surface area contributed by atoms with Crippen LogP contribution in [-0.4, -0.2) is 59.0 Å². The van der Waals surface area contributed by atoms with Crippen molar-refractivity contribution in [3.8, 4) is 5.88 Å². The molecule has 3 aromatic heterocycles. The summed E-state index contributed by atoms with van der Waals surface area (Å²) in [6.07, 6.45) is 8.56. The van der Waals surface area contributed by atoms with Crippen molar-refractivity contribution in [3.63, 3.8) is 0 Å². The van der Waals surface area contributed by atoms with Crippen LogP contribution in [-0.2, 0) is 7.05 Å². The van der Waals surface area contributed by atoms with Gasteiger partial charge in [-0.2, -0.15) is 5.10 Å². The predicted molar refractivity (Wildman–Crippen MR) is 121 cm³/mol. The summed E-state index contributed by atoms with van der Waals surface area (Å²) in [7, 11) is 1.56. The molecule has 1 aliphatic carbocycles. The third-order valence-corrected chi connectivity index (χ3v) is 5.01. The molecule has 3 heterocycles. The zero-order chi connectivity index (χ0) is 24.3. The third kappa shape index (κ3) is 5.43. The van der Waals surface area contributed by atoms with Gasteiger partial charge in [0.25, 0.3) is 11.8 Å². The van der Waals surface area contributed by atoms with Gasteiger partial charge in [-0.1, -0.05) is 0 Å². The van der Waals surface area contributed by atoms with Crippen LogP contribution in [0.1, 0.15) is 48.8 Å². The van der Waals surface area contributed by atoms with Gasteiger partial charge >= 0.3 is 6.09 Å². The van der Waals surface area contributed by atoms with Crippen molar-refractivity contribution in [1.82, 2.24) is 35.0 Å². The molecule has 0 unspecified atom stereocenters. The van der Waals surface area contributed by atoms with Crippen molar-refractivity contribution in [2.75, 3.05) is 17.2 Å². The van der Waals surface area contributed by atoms with Gasteiger partial charge in [0.2, 0.25) is 0 Å². The summed E-state index contributed by atoms with van der Waals surface area (Å²) in [6.45, 7) is 3.07. The maximum Gasteiger partial charge on any atom is 0.418 e. The molecule has 1 saturated carbocycles. The van der Waals surface area contributed by atoms with E-state index in [-0.39, 0.29) is 35.6 Å². The summed E-state index contributed by atoms with van der Waals surface area (Å²) in [5, 5.41) is 21.7. The SMILES string of the molecule is Cn1ncc(NC(=O)Oc2nc(C3CC3)cnc2Nc2cncnc2)c1C(=O)NC(C)(C)CO. The number of aliphatic hydroxyl groups is 1. The number of carbonyl (C=O) groups is 2. The molecule has 0 aliphatic heterocycles. The number of anilines is 3. The number of aryl methyl sites for hydroxylation is 1. The summed E-state index contributed by atoms with van der Waals surface area (Å²) in [5.74, 6) is -0.0444. The Labute approximate surface area is 195 Å². The number of nitrogens with zero attached hydrogens (tertiary/aromatic N) is 6. The summed E-state index contributed by atoms with van der Waals surface area (Å²) in [4.78, 5) is 42.2. The molecular formula is C21H25N9O4. The van der Waals surface area contributed by atoms with Crippen LogP contribution < -0.4 is 20.7 Å². The van der Waals surface area contributed by atoms with Crippen LogP contribution in [0.4, 0.5) is 22.0 Å². The van der Waals surface area contributed by atoms with Gasteiger partial charge in [-0.05, 0) is 26.7 Å². The lowest BCUT2D eigenvalue weighted by Gasteiger charge is -2.23. The fourth-order valence-corrected chi connectivity index (χ4v) is 3.05. The number of ether oxygens (including phenoxy) is 1. The summed E-state index contributed by atoms with van der Waals surface area (Å²) in [5.41, 5.74) is 0.635. The van der Waals surface area contributed by atoms with Crippen LogP contribution in [0.15, 0.2) is 31.1 Å². The van der Waals surface area contributed by atoms with E-state index in [9.17, 15) is 14.7 Å². The van der Waals surface area contributed by atoms with Crippen molar-refractivity contribution in [2.45, 2.75) is 38.1 Å². The largest absolute Gasteiger partial charge is 0.418 e. The first-order valence-corrected chi connectivity index (χ1v) is 10.6. The highest BCUT2D eigenvalue weighted by Gasteiger charge is 2.28. The van der Waals surface area contributed by atoms with Gasteiger partial charge in [0, 0.05) is 13.0 Å². The molecule has 34 heavy (non-hydrogen) atoms. The van der Waals surface area contributed by atoms with Gasteiger partial charge in [0.05, 0.1) is 54.0 Å². The van der Waals surface area contributed by atoms with Crippen molar-refractivity contribution in [3.05, 3.63) is 42.5 Å². The lowest BCUT2D eigenvalue weighted by Crippen LogP contribution is -2.47. The molecule has 4 N–H and O–H groups in total. The normalized spacial score (nSPS) is 13.3. The average Bonchev–Trinajstić information content (AvgIpc) is 3.58. The Morgan fingerprint density at radius 3 is 2.62 bits per heavy atom. The van der Waals surface area contributed by atoms with Crippen molar-refractivity contribution in [2.24, 2.45) is 7.05 Å². The van der Waals surface area contributed by atoms with E-state index >= 15 is 0 Å². The van der Waals surface area contributed by atoms with Crippen LogP contribution in [0.3, 0.4) is 0 Å². The molecule has 3 aromatic rings. The molecule has 0 atom stereocenters. The van der Waals surface area contributed by atoms with E-state index in [4.69, 9.17) is 4.74 Å². The number of hydrogen-bond donors (Lipinski definition) is 4. The number of carbonyl (C=O) groups excluding carboxylic acids is 2. The molecule has 0 aromatic carbocycles. The van der Waals surface area contributed by atoms with Crippen molar-refractivity contribution in [1.29, 1.82) is 0 Å². The molecule has 13 heteroatoms. The lowest BCUT2D eigenvalue weighted by molar-refractivity contribution is 0.0860. The highest BCUT2D eigenvalue weighted by molar-refractivity contribution is 6.01. The number of hydrogen-bond acceptors (Lipinski definition) is 10. The number of aliphatic hydroxyl groups excluding tert-OH is 1. The maximum absolute atomic E-state index is 12.7. The molecular weight excluding hydrogens is 442 g/mol. The highest BCUT2D eigenvalue weighted by atomic mass is 16.6. The molecule has 0 spiro atoms. The van der Waals surface area contributed by atoms with E-state index in [0.29, 0.717) is 5.69 Å². The fraction of sp³-hybridized carbons (Fsp3) is 0.381. The first-order chi connectivity index (χ1) is 16.3. The molecule has 0 radical (unpaired) electrons. The lowest BCUT2D eigenvalue weighted by atomic mass is 10.1. The van der Waals surface area contributed by atoms with Crippen LogP contribution in [0, 0.1) is 0 Å². The van der Waals surface area contributed by atoms with Gasteiger partial charge < -0.3 is 20.5 Å².